The fourth-order valence-electron chi connectivity index (χ4n) is 3.48. The second kappa shape index (κ2) is 11.5. The summed E-state index contributed by atoms with van der Waals surface area (Å²) < 4.78 is 2.02. The van der Waals surface area contributed by atoms with Crippen LogP contribution in [0.4, 0.5) is 0 Å². The standard InChI is InChI=1S/C21H33N7.HI/c1-5-22-21(25-19-12-9-13-28-20(19)24-17(3)26-28)23-14-16(2)27(4)15-18-10-7-6-8-11-18;/h6-8,10-11,16,19H,5,9,12-15H2,1-4H3,(H2,22,23,25);1H. The topological polar surface area (TPSA) is 70.4 Å². The maximum atomic E-state index is 4.85. The monoisotopic (exact) mass is 511 g/mol. The van der Waals surface area contributed by atoms with Crippen LogP contribution >= 0.6 is 24.0 Å². The number of aryl methyl sites for hydroxylation is 2. The van der Waals surface area contributed by atoms with Crippen molar-refractivity contribution < 1.29 is 0 Å². The molecule has 0 aliphatic carbocycles. The highest BCUT2D eigenvalue weighted by atomic mass is 127. The van der Waals surface area contributed by atoms with Gasteiger partial charge in [0.1, 0.15) is 11.6 Å². The van der Waals surface area contributed by atoms with E-state index in [4.69, 9.17) is 4.99 Å². The molecule has 0 saturated heterocycles. The van der Waals surface area contributed by atoms with Crippen molar-refractivity contribution in [3.63, 3.8) is 0 Å². The van der Waals surface area contributed by atoms with Gasteiger partial charge in [0.25, 0.3) is 0 Å². The Morgan fingerprint density at radius 2 is 2.10 bits per heavy atom. The van der Waals surface area contributed by atoms with Crippen LogP contribution < -0.4 is 10.6 Å². The zero-order chi connectivity index (χ0) is 19.9. The first-order valence-corrected chi connectivity index (χ1v) is 10.3. The molecule has 0 spiro atoms. The normalized spacial score (nSPS) is 17.4. The summed E-state index contributed by atoms with van der Waals surface area (Å²) in [6.45, 7) is 9.70. The maximum Gasteiger partial charge on any atom is 0.191 e. The lowest BCUT2D eigenvalue weighted by molar-refractivity contribution is 0.255. The second-order valence-electron chi connectivity index (χ2n) is 7.55. The summed E-state index contributed by atoms with van der Waals surface area (Å²) in [4.78, 5) is 11.8. The number of hydrogen-bond acceptors (Lipinski definition) is 4. The van der Waals surface area contributed by atoms with E-state index < -0.39 is 0 Å². The summed E-state index contributed by atoms with van der Waals surface area (Å²) in [5.74, 6) is 2.70. The van der Waals surface area contributed by atoms with Crippen LogP contribution in [-0.2, 0) is 13.1 Å². The summed E-state index contributed by atoms with van der Waals surface area (Å²) in [5, 5.41) is 11.4. The van der Waals surface area contributed by atoms with Gasteiger partial charge in [-0.2, -0.15) is 5.10 Å². The van der Waals surface area contributed by atoms with Crippen molar-refractivity contribution in [3.8, 4) is 0 Å². The van der Waals surface area contributed by atoms with Gasteiger partial charge < -0.3 is 10.6 Å². The molecule has 0 bridgehead atoms. The number of fused-ring (bicyclic) bond motifs is 1. The molecule has 2 N–H and O–H groups in total. The van der Waals surface area contributed by atoms with Crippen LogP contribution in [0.15, 0.2) is 35.3 Å². The van der Waals surface area contributed by atoms with E-state index in [-0.39, 0.29) is 30.0 Å². The van der Waals surface area contributed by atoms with E-state index in [1.165, 1.54) is 5.56 Å². The molecule has 0 fully saturated rings. The van der Waals surface area contributed by atoms with Gasteiger partial charge in [0.15, 0.2) is 5.96 Å². The van der Waals surface area contributed by atoms with Gasteiger partial charge in [-0.3, -0.25) is 9.89 Å². The summed E-state index contributed by atoms with van der Waals surface area (Å²) in [6, 6.07) is 11.1. The highest BCUT2D eigenvalue weighted by molar-refractivity contribution is 14.0. The summed E-state index contributed by atoms with van der Waals surface area (Å²) >= 11 is 0. The van der Waals surface area contributed by atoms with Gasteiger partial charge in [0.2, 0.25) is 0 Å². The number of benzene rings is 1. The predicted molar refractivity (Wildman–Crippen MR) is 129 cm³/mol. The van der Waals surface area contributed by atoms with Gasteiger partial charge in [-0.15, -0.1) is 24.0 Å². The lowest BCUT2D eigenvalue weighted by atomic mass is 10.1. The molecular formula is C21H34IN7. The van der Waals surface area contributed by atoms with Crippen LogP contribution in [0.5, 0.6) is 0 Å². The molecule has 2 atom stereocenters. The molecule has 160 valence electrons. The molecule has 1 aromatic carbocycles. The van der Waals surface area contributed by atoms with Gasteiger partial charge in [0, 0.05) is 25.7 Å². The Hall–Kier alpha value is -1.68. The lowest BCUT2D eigenvalue weighted by Gasteiger charge is -2.26. The van der Waals surface area contributed by atoms with Gasteiger partial charge in [-0.25, -0.2) is 9.67 Å². The van der Waals surface area contributed by atoms with Crippen molar-refractivity contribution in [1.29, 1.82) is 0 Å². The SMILES string of the molecule is CCNC(=NCC(C)N(C)Cc1ccccc1)NC1CCCn2nc(C)nc21.I. The third-order valence-corrected chi connectivity index (χ3v) is 5.18. The Labute approximate surface area is 191 Å². The first kappa shape index (κ1) is 23.6. The zero-order valence-corrected chi connectivity index (χ0v) is 20.3. The fourth-order valence-corrected chi connectivity index (χ4v) is 3.48. The molecule has 0 radical (unpaired) electrons. The van der Waals surface area contributed by atoms with Crippen molar-refractivity contribution in [2.75, 3.05) is 20.1 Å². The Bertz CT molecular complexity index is 775. The Morgan fingerprint density at radius 3 is 2.83 bits per heavy atom. The second-order valence-corrected chi connectivity index (χ2v) is 7.55. The number of likely N-dealkylation sites (N-methyl/N-ethyl adjacent to an activating group) is 1. The largest absolute Gasteiger partial charge is 0.357 e. The van der Waals surface area contributed by atoms with Gasteiger partial charge >= 0.3 is 0 Å². The number of halogens is 1. The van der Waals surface area contributed by atoms with E-state index >= 15 is 0 Å². The summed E-state index contributed by atoms with van der Waals surface area (Å²) in [7, 11) is 2.15. The average Bonchev–Trinajstić information content (AvgIpc) is 3.08. The van der Waals surface area contributed by atoms with Gasteiger partial charge in [-0.05, 0) is 46.2 Å². The third-order valence-electron chi connectivity index (χ3n) is 5.18. The molecule has 1 aliphatic heterocycles. The lowest BCUT2D eigenvalue weighted by Crippen LogP contribution is -2.42. The van der Waals surface area contributed by atoms with Crippen LogP contribution in [-0.4, -0.2) is 51.8 Å². The minimum Gasteiger partial charge on any atom is -0.357 e. The quantitative estimate of drug-likeness (QED) is 0.340. The van der Waals surface area contributed by atoms with Crippen LogP contribution in [0.1, 0.15) is 49.9 Å². The molecule has 1 aromatic heterocycles. The molecule has 2 heterocycles. The molecule has 2 unspecified atom stereocenters. The van der Waals surface area contributed by atoms with E-state index in [0.717, 1.165) is 56.6 Å². The molecule has 8 heteroatoms. The van der Waals surface area contributed by atoms with Crippen molar-refractivity contribution in [3.05, 3.63) is 47.5 Å². The number of hydrogen-bond donors (Lipinski definition) is 2. The highest BCUT2D eigenvalue weighted by Crippen LogP contribution is 2.22. The van der Waals surface area contributed by atoms with Crippen LogP contribution in [0.2, 0.25) is 0 Å². The first-order chi connectivity index (χ1) is 13.6. The fraction of sp³-hybridized carbons (Fsp3) is 0.571. The Morgan fingerprint density at radius 1 is 1.34 bits per heavy atom. The zero-order valence-electron chi connectivity index (χ0n) is 17.9. The number of aromatic nitrogens is 3. The van der Waals surface area contributed by atoms with E-state index in [9.17, 15) is 0 Å². The van der Waals surface area contributed by atoms with Crippen molar-refractivity contribution in [2.45, 2.75) is 58.8 Å². The van der Waals surface area contributed by atoms with Crippen LogP contribution in [0.3, 0.4) is 0 Å². The Balaban J connectivity index is 0.00000300. The molecule has 29 heavy (non-hydrogen) atoms. The number of aliphatic imine (C=N–C) groups is 1. The first-order valence-electron chi connectivity index (χ1n) is 10.3. The minimum atomic E-state index is 0. The molecule has 0 saturated carbocycles. The predicted octanol–water partition coefficient (Wildman–Crippen LogP) is 3.12. The minimum absolute atomic E-state index is 0. The van der Waals surface area contributed by atoms with Crippen molar-refractivity contribution >= 4 is 29.9 Å². The number of nitrogens with zero attached hydrogens (tertiary/aromatic N) is 5. The number of nitrogens with one attached hydrogen (secondary N) is 2. The summed E-state index contributed by atoms with van der Waals surface area (Å²) in [6.07, 6.45) is 2.15. The molecule has 1 aliphatic rings. The molecule has 7 nitrogen and oxygen atoms in total. The van der Waals surface area contributed by atoms with Crippen molar-refractivity contribution in [2.24, 2.45) is 4.99 Å². The third kappa shape index (κ3) is 6.67. The van der Waals surface area contributed by atoms with E-state index in [1.807, 2.05) is 11.6 Å². The van der Waals surface area contributed by atoms with Crippen LogP contribution in [0, 0.1) is 6.92 Å². The number of guanidine groups is 1. The van der Waals surface area contributed by atoms with Crippen molar-refractivity contribution in [1.82, 2.24) is 30.3 Å². The number of rotatable bonds is 7. The van der Waals surface area contributed by atoms with E-state index in [2.05, 4.69) is 76.8 Å². The summed E-state index contributed by atoms with van der Waals surface area (Å²) in [5.41, 5.74) is 1.32. The molecule has 0 amide bonds. The molecule has 3 rings (SSSR count). The van der Waals surface area contributed by atoms with E-state index in [1.54, 1.807) is 0 Å². The van der Waals surface area contributed by atoms with Gasteiger partial charge in [0.05, 0.1) is 12.6 Å². The average molecular weight is 511 g/mol. The smallest absolute Gasteiger partial charge is 0.191 e. The Kier molecular flexibility index (Phi) is 9.35. The van der Waals surface area contributed by atoms with Gasteiger partial charge in [-0.1, -0.05) is 30.3 Å². The highest BCUT2D eigenvalue weighted by Gasteiger charge is 2.24. The molecular weight excluding hydrogens is 477 g/mol. The maximum absolute atomic E-state index is 4.85. The van der Waals surface area contributed by atoms with Crippen LogP contribution in [0.25, 0.3) is 0 Å². The molecule has 2 aromatic rings. The van der Waals surface area contributed by atoms with E-state index in [0.29, 0.717) is 6.04 Å².